The van der Waals surface area contributed by atoms with E-state index in [9.17, 15) is 23.5 Å². The number of halogens is 2. The molecule has 138 valence electrons. The molecule has 0 aromatic heterocycles. The molecule has 1 fully saturated rings. The molecule has 25 heavy (non-hydrogen) atoms. The van der Waals surface area contributed by atoms with Gasteiger partial charge in [-0.3, -0.25) is 4.79 Å². The molecule has 1 saturated heterocycles. The van der Waals surface area contributed by atoms with Crippen LogP contribution in [-0.2, 0) is 9.59 Å². The SMILES string of the molecule is CC(=O)N1CC(c2ccc(OC(F)F)c(OC(C)C)c2)CC1C(=O)O. The van der Waals surface area contributed by atoms with Gasteiger partial charge in [0.2, 0.25) is 5.91 Å². The zero-order valence-electron chi connectivity index (χ0n) is 14.2. The summed E-state index contributed by atoms with van der Waals surface area (Å²) in [5.74, 6) is -1.51. The lowest BCUT2D eigenvalue weighted by atomic mass is 9.96. The Bertz CT molecular complexity index is 628. The predicted octanol–water partition coefficient (Wildman–Crippen LogP) is 2.86. The smallest absolute Gasteiger partial charge is 0.387 e. The Morgan fingerprint density at radius 3 is 2.40 bits per heavy atom. The molecule has 2 atom stereocenters. The molecule has 8 heteroatoms. The Hall–Kier alpha value is -2.38. The molecule has 1 N–H and O–H groups in total. The van der Waals surface area contributed by atoms with Crippen molar-refractivity contribution in [3.05, 3.63) is 23.8 Å². The first-order valence-corrected chi connectivity index (χ1v) is 7.94. The lowest BCUT2D eigenvalue weighted by Crippen LogP contribution is -2.39. The normalized spacial score (nSPS) is 20.2. The molecule has 2 unspecified atom stereocenters. The van der Waals surface area contributed by atoms with E-state index in [0.717, 1.165) is 0 Å². The van der Waals surface area contributed by atoms with Crippen LogP contribution in [0, 0.1) is 0 Å². The number of benzene rings is 1. The number of ether oxygens (including phenoxy) is 2. The molecule has 0 saturated carbocycles. The first kappa shape index (κ1) is 19.0. The van der Waals surface area contributed by atoms with Gasteiger partial charge in [0, 0.05) is 19.4 Å². The van der Waals surface area contributed by atoms with Crippen LogP contribution in [0.25, 0.3) is 0 Å². The van der Waals surface area contributed by atoms with E-state index in [0.29, 0.717) is 5.56 Å². The fourth-order valence-electron chi connectivity index (χ4n) is 2.98. The maximum Gasteiger partial charge on any atom is 0.387 e. The third-order valence-electron chi connectivity index (χ3n) is 4.01. The van der Waals surface area contributed by atoms with E-state index in [1.807, 2.05) is 0 Å². The van der Waals surface area contributed by atoms with Gasteiger partial charge in [-0.1, -0.05) is 6.07 Å². The molecule has 1 aliphatic heterocycles. The first-order chi connectivity index (χ1) is 11.7. The van der Waals surface area contributed by atoms with Crippen LogP contribution in [0.3, 0.4) is 0 Å². The summed E-state index contributed by atoms with van der Waals surface area (Å²) in [7, 11) is 0. The van der Waals surface area contributed by atoms with Crippen molar-refractivity contribution in [1.82, 2.24) is 4.90 Å². The van der Waals surface area contributed by atoms with Crippen LogP contribution in [0.5, 0.6) is 11.5 Å². The number of aliphatic carboxylic acids is 1. The molecule has 1 heterocycles. The van der Waals surface area contributed by atoms with Crippen LogP contribution in [0.15, 0.2) is 18.2 Å². The van der Waals surface area contributed by atoms with Crippen LogP contribution < -0.4 is 9.47 Å². The van der Waals surface area contributed by atoms with Crippen molar-refractivity contribution in [1.29, 1.82) is 0 Å². The maximum atomic E-state index is 12.5. The zero-order valence-corrected chi connectivity index (χ0v) is 14.2. The standard InChI is InChI=1S/C17H21F2NO5/c1-9(2)24-15-7-11(4-5-14(15)25-17(18)19)12-6-13(16(22)23)20(8-12)10(3)21/h4-5,7,9,12-13,17H,6,8H2,1-3H3,(H,22,23). The van der Waals surface area contributed by atoms with E-state index in [2.05, 4.69) is 4.74 Å². The Kier molecular flexibility index (Phi) is 5.81. The number of rotatable bonds is 6. The number of hydrogen-bond donors (Lipinski definition) is 1. The lowest BCUT2D eigenvalue weighted by Gasteiger charge is -2.19. The number of carboxylic acids is 1. The molecule has 1 aromatic rings. The quantitative estimate of drug-likeness (QED) is 0.847. The van der Waals surface area contributed by atoms with Gasteiger partial charge in [0.1, 0.15) is 6.04 Å². The van der Waals surface area contributed by atoms with Crippen molar-refractivity contribution >= 4 is 11.9 Å². The summed E-state index contributed by atoms with van der Waals surface area (Å²) in [5, 5.41) is 9.29. The summed E-state index contributed by atoms with van der Waals surface area (Å²) in [6, 6.07) is 3.66. The van der Waals surface area contributed by atoms with Crippen molar-refractivity contribution < 1.29 is 33.0 Å². The number of amides is 1. The molecule has 0 aliphatic carbocycles. The second-order valence-corrected chi connectivity index (χ2v) is 6.21. The monoisotopic (exact) mass is 357 g/mol. The van der Waals surface area contributed by atoms with E-state index in [1.165, 1.54) is 17.9 Å². The third-order valence-corrected chi connectivity index (χ3v) is 4.01. The second kappa shape index (κ2) is 7.67. The van der Waals surface area contributed by atoms with Gasteiger partial charge in [0.05, 0.1) is 6.10 Å². The van der Waals surface area contributed by atoms with E-state index in [-0.39, 0.29) is 42.4 Å². The molecule has 1 aliphatic rings. The highest BCUT2D eigenvalue weighted by Crippen LogP contribution is 2.37. The van der Waals surface area contributed by atoms with Crippen molar-refractivity contribution in [2.24, 2.45) is 0 Å². The van der Waals surface area contributed by atoms with Gasteiger partial charge in [-0.05, 0) is 38.0 Å². The van der Waals surface area contributed by atoms with Crippen LogP contribution in [0.4, 0.5) is 8.78 Å². The zero-order chi connectivity index (χ0) is 18.7. The van der Waals surface area contributed by atoms with Gasteiger partial charge >= 0.3 is 12.6 Å². The summed E-state index contributed by atoms with van der Waals surface area (Å²) in [6.07, 6.45) is 0.00443. The number of nitrogens with zero attached hydrogens (tertiary/aromatic N) is 1. The molecular formula is C17H21F2NO5. The highest BCUT2D eigenvalue weighted by molar-refractivity contribution is 5.83. The number of carbonyl (C=O) groups is 2. The van der Waals surface area contributed by atoms with Gasteiger partial charge in [0.25, 0.3) is 0 Å². The van der Waals surface area contributed by atoms with Gasteiger partial charge in [-0.15, -0.1) is 0 Å². The molecule has 1 amide bonds. The Labute approximate surface area is 144 Å². The van der Waals surface area contributed by atoms with Crippen molar-refractivity contribution in [3.8, 4) is 11.5 Å². The average Bonchev–Trinajstić information content (AvgIpc) is 2.93. The van der Waals surface area contributed by atoms with E-state index in [4.69, 9.17) is 4.74 Å². The van der Waals surface area contributed by atoms with E-state index >= 15 is 0 Å². The number of likely N-dealkylation sites (tertiary alicyclic amines) is 1. The molecule has 0 radical (unpaired) electrons. The molecule has 0 spiro atoms. The molecule has 2 rings (SSSR count). The Balaban J connectivity index is 2.30. The molecular weight excluding hydrogens is 336 g/mol. The van der Waals surface area contributed by atoms with E-state index < -0.39 is 18.6 Å². The van der Waals surface area contributed by atoms with Crippen LogP contribution in [-0.4, -0.2) is 47.2 Å². The molecule has 0 bridgehead atoms. The Morgan fingerprint density at radius 2 is 1.92 bits per heavy atom. The summed E-state index contributed by atoms with van der Waals surface area (Å²) < 4.78 is 35.1. The minimum atomic E-state index is -2.98. The number of hydrogen-bond acceptors (Lipinski definition) is 4. The van der Waals surface area contributed by atoms with Crippen molar-refractivity contribution in [2.45, 2.75) is 51.9 Å². The van der Waals surface area contributed by atoms with Gasteiger partial charge in [-0.2, -0.15) is 8.78 Å². The van der Waals surface area contributed by atoms with E-state index in [1.54, 1.807) is 26.0 Å². The van der Waals surface area contributed by atoms with Gasteiger partial charge in [0.15, 0.2) is 11.5 Å². The topological polar surface area (TPSA) is 76.1 Å². The van der Waals surface area contributed by atoms with Crippen LogP contribution in [0.1, 0.15) is 38.7 Å². The molecule has 6 nitrogen and oxygen atoms in total. The third kappa shape index (κ3) is 4.58. The van der Waals surface area contributed by atoms with Crippen LogP contribution >= 0.6 is 0 Å². The summed E-state index contributed by atoms with van der Waals surface area (Å²) >= 11 is 0. The average molecular weight is 357 g/mol. The first-order valence-electron chi connectivity index (χ1n) is 7.94. The fourth-order valence-corrected chi connectivity index (χ4v) is 2.98. The highest BCUT2D eigenvalue weighted by atomic mass is 19.3. The van der Waals surface area contributed by atoms with Gasteiger partial charge < -0.3 is 19.5 Å². The maximum absolute atomic E-state index is 12.5. The lowest BCUT2D eigenvalue weighted by molar-refractivity contribution is -0.147. The molecule has 1 aromatic carbocycles. The number of carbonyl (C=O) groups excluding carboxylic acids is 1. The van der Waals surface area contributed by atoms with Crippen molar-refractivity contribution in [2.75, 3.05) is 6.54 Å². The minimum absolute atomic E-state index is 0.0799. The highest BCUT2D eigenvalue weighted by Gasteiger charge is 2.39. The predicted molar refractivity (Wildman–Crippen MR) is 85.0 cm³/mol. The second-order valence-electron chi connectivity index (χ2n) is 6.21. The number of alkyl halides is 2. The summed E-state index contributed by atoms with van der Waals surface area (Å²) in [4.78, 5) is 24.3. The Morgan fingerprint density at radius 1 is 1.24 bits per heavy atom. The van der Waals surface area contributed by atoms with Gasteiger partial charge in [-0.25, -0.2) is 4.79 Å². The van der Waals surface area contributed by atoms with Crippen molar-refractivity contribution in [3.63, 3.8) is 0 Å². The summed E-state index contributed by atoms with van der Waals surface area (Å²) in [5.41, 5.74) is 0.715. The van der Waals surface area contributed by atoms with Crippen LogP contribution in [0.2, 0.25) is 0 Å². The largest absolute Gasteiger partial charge is 0.487 e. The summed E-state index contributed by atoms with van der Waals surface area (Å²) in [6.45, 7) is 2.11. The minimum Gasteiger partial charge on any atom is -0.487 e. The fraction of sp³-hybridized carbons (Fsp3) is 0.529. The number of carboxylic acid groups (broad SMARTS) is 1.